The summed E-state index contributed by atoms with van der Waals surface area (Å²) in [6, 6.07) is 11.3. The molecule has 10 heteroatoms. The summed E-state index contributed by atoms with van der Waals surface area (Å²) in [6.45, 7) is 5.34. The normalized spacial score (nSPS) is 11.4. The van der Waals surface area contributed by atoms with Gasteiger partial charge in [0, 0.05) is 47.5 Å². The molecule has 4 heterocycles. The van der Waals surface area contributed by atoms with Gasteiger partial charge in [0.25, 0.3) is 0 Å². The summed E-state index contributed by atoms with van der Waals surface area (Å²) in [5.41, 5.74) is -0.114. The number of pyridine rings is 3. The fraction of sp³-hybridized carbons (Fsp3) is 0.227. The van der Waals surface area contributed by atoms with E-state index in [2.05, 4.69) is 29.6 Å². The molecule has 8 nitrogen and oxygen atoms in total. The van der Waals surface area contributed by atoms with Crippen LogP contribution in [0.5, 0.6) is 11.5 Å². The minimum Gasteiger partial charge on any atom is -0.452 e. The van der Waals surface area contributed by atoms with Crippen molar-refractivity contribution in [2.75, 3.05) is 5.32 Å². The van der Waals surface area contributed by atoms with Gasteiger partial charge in [0.1, 0.15) is 16.6 Å². The highest BCUT2D eigenvalue weighted by Gasteiger charge is 2.18. The first-order valence-electron chi connectivity index (χ1n) is 9.86. The third kappa shape index (κ3) is 6.00. The highest BCUT2D eigenvalue weighted by atomic mass is 32.2. The van der Waals surface area contributed by atoms with Crippen molar-refractivity contribution in [2.24, 2.45) is 0 Å². The number of aryl methyl sites for hydroxylation is 1. The first-order valence-corrected chi connectivity index (χ1v) is 11.5. The van der Waals surface area contributed by atoms with E-state index in [9.17, 15) is 5.11 Å². The van der Waals surface area contributed by atoms with Crippen molar-refractivity contribution in [3.05, 3.63) is 66.5 Å². The second kappa shape index (κ2) is 9.60. The molecule has 0 bridgehead atoms. The molecule has 0 amide bonds. The zero-order chi connectivity index (χ0) is 22.6. The Balaban J connectivity index is 1.62. The highest BCUT2D eigenvalue weighted by molar-refractivity contribution is 7.99. The van der Waals surface area contributed by atoms with Gasteiger partial charge < -0.3 is 15.2 Å². The molecule has 4 aromatic rings. The van der Waals surface area contributed by atoms with Gasteiger partial charge in [0.15, 0.2) is 11.6 Å². The predicted molar refractivity (Wildman–Crippen MR) is 125 cm³/mol. The summed E-state index contributed by atoms with van der Waals surface area (Å²) in [6.07, 6.45) is 5.58. The molecule has 32 heavy (non-hydrogen) atoms. The van der Waals surface area contributed by atoms with Crippen molar-refractivity contribution in [3.63, 3.8) is 0 Å². The lowest BCUT2D eigenvalue weighted by molar-refractivity contribution is 0.0791. The maximum absolute atomic E-state index is 10.0. The summed E-state index contributed by atoms with van der Waals surface area (Å²) < 4.78 is 10.5. The van der Waals surface area contributed by atoms with Gasteiger partial charge in [0.05, 0.1) is 11.3 Å². The van der Waals surface area contributed by atoms with Gasteiger partial charge in [-0.1, -0.05) is 17.8 Å². The zero-order valence-electron chi connectivity index (χ0n) is 17.8. The second-order valence-corrected chi connectivity index (χ2v) is 9.45. The summed E-state index contributed by atoms with van der Waals surface area (Å²) in [7, 11) is 0. The van der Waals surface area contributed by atoms with Gasteiger partial charge in [-0.15, -0.1) is 0 Å². The third-order valence-electron chi connectivity index (χ3n) is 4.15. The van der Waals surface area contributed by atoms with E-state index >= 15 is 0 Å². The van der Waals surface area contributed by atoms with Crippen molar-refractivity contribution in [1.29, 1.82) is 0 Å². The molecule has 0 aliphatic rings. The van der Waals surface area contributed by atoms with Gasteiger partial charge in [0.2, 0.25) is 5.13 Å². The van der Waals surface area contributed by atoms with Gasteiger partial charge in [-0.05, 0) is 45.0 Å². The molecule has 4 aromatic heterocycles. The van der Waals surface area contributed by atoms with Gasteiger partial charge in [-0.25, -0.2) is 15.0 Å². The molecule has 0 fully saturated rings. The summed E-state index contributed by atoms with van der Waals surface area (Å²) >= 11 is 2.70. The lowest BCUT2D eigenvalue weighted by Gasteiger charge is -2.14. The summed E-state index contributed by atoms with van der Waals surface area (Å²) in [5.74, 6) is 2.24. The number of aliphatic hydroxyl groups is 1. The van der Waals surface area contributed by atoms with Crippen LogP contribution >= 0.6 is 23.3 Å². The Morgan fingerprint density at radius 1 is 1.09 bits per heavy atom. The average Bonchev–Trinajstić information content (AvgIpc) is 3.17. The van der Waals surface area contributed by atoms with Crippen LogP contribution in [0.25, 0.3) is 0 Å². The highest BCUT2D eigenvalue weighted by Crippen LogP contribution is 2.36. The SMILES string of the molecule is Cc1ncccc1Oc1cc(Sc2ccccn2)cnc1Nc1nc(CC(C)(C)O)ns1. The van der Waals surface area contributed by atoms with Gasteiger partial charge in [-0.2, -0.15) is 4.37 Å². The van der Waals surface area contributed by atoms with E-state index in [-0.39, 0.29) is 0 Å². The van der Waals surface area contributed by atoms with E-state index in [1.807, 2.05) is 43.3 Å². The van der Waals surface area contributed by atoms with Gasteiger partial charge >= 0.3 is 0 Å². The molecule has 0 aliphatic heterocycles. The van der Waals surface area contributed by atoms with Crippen LogP contribution in [0.15, 0.2) is 64.9 Å². The largest absolute Gasteiger partial charge is 0.452 e. The minimum atomic E-state index is -0.882. The van der Waals surface area contributed by atoms with Crippen LogP contribution in [0.1, 0.15) is 25.4 Å². The molecule has 2 N–H and O–H groups in total. The first-order chi connectivity index (χ1) is 15.4. The number of hydrogen-bond acceptors (Lipinski definition) is 10. The van der Waals surface area contributed by atoms with E-state index in [0.717, 1.165) is 15.6 Å². The topological polar surface area (TPSA) is 106 Å². The predicted octanol–water partition coefficient (Wildman–Crippen LogP) is 5.03. The number of anilines is 2. The Morgan fingerprint density at radius 3 is 2.69 bits per heavy atom. The molecule has 0 aliphatic carbocycles. The molecule has 0 saturated carbocycles. The Morgan fingerprint density at radius 2 is 1.94 bits per heavy atom. The standard InChI is InChI=1S/C22H22N6O2S2/c1-14-16(7-6-10-23-14)30-17-11-15(31-19-8-4-5-9-24-19)13-25-20(17)27-21-26-18(28-32-21)12-22(2,3)29/h4-11,13,29H,12H2,1-3H3,(H,25,26,27,28). The molecular formula is C22H22N6O2S2. The Labute approximate surface area is 194 Å². The van der Waals surface area contributed by atoms with Crippen LogP contribution in [0.4, 0.5) is 10.9 Å². The molecule has 0 unspecified atom stereocenters. The third-order valence-corrected chi connectivity index (χ3v) is 5.73. The lowest BCUT2D eigenvalue weighted by atomic mass is 10.1. The lowest BCUT2D eigenvalue weighted by Crippen LogP contribution is -2.22. The fourth-order valence-corrected chi connectivity index (χ4v) is 4.10. The number of rotatable bonds is 8. The van der Waals surface area contributed by atoms with Crippen LogP contribution < -0.4 is 10.1 Å². The molecule has 0 spiro atoms. The number of nitrogens with zero attached hydrogens (tertiary/aromatic N) is 5. The van der Waals surface area contributed by atoms with E-state index in [1.54, 1.807) is 32.4 Å². The van der Waals surface area contributed by atoms with Crippen molar-refractivity contribution < 1.29 is 9.84 Å². The summed E-state index contributed by atoms with van der Waals surface area (Å²) in [5, 5.41) is 14.6. The molecular weight excluding hydrogens is 444 g/mol. The maximum Gasteiger partial charge on any atom is 0.208 e. The number of aromatic nitrogens is 5. The van der Waals surface area contributed by atoms with Crippen molar-refractivity contribution >= 4 is 34.2 Å². The zero-order valence-corrected chi connectivity index (χ0v) is 19.4. The molecule has 0 atom stereocenters. The van der Waals surface area contributed by atoms with E-state index < -0.39 is 5.60 Å². The quantitative estimate of drug-likeness (QED) is 0.370. The molecule has 0 aromatic carbocycles. The van der Waals surface area contributed by atoms with Crippen LogP contribution in [-0.2, 0) is 6.42 Å². The minimum absolute atomic E-state index is 0.358. The van der Waals surface area contributed by atoms with E-state index in [4.69, 9.17) is 4.74 Å². The fourth-order valence-electron chi connectivity index (χ4n) is 2.74. The average molecular weight is 467 g/mol. The van der Waals surface area contributed by atoms with E-state index in [0.29, 0.717) is 34.7 Å². The Bertz CT molecular complexity index is 1190. The molecule has 0 radical (unpaired) electrons. The monoisotopic (exact) mass is 466 g/mol. The van der Waals surface area contributed by atoms with Crippen molar-refractivity contribution in [2.45, 2.75) is 42.7 Å². The molecule has 0 saturated heterocycles. The van der Waals surface area contributed by atoms with Crippen LogP contribution in [0, 0.1) is 6.92 Å². The number of hydrogen-bond donors (Lipinski definition) is 2. The maximum atomic E-state index is 10.0. The van der Waals surface area contributed by atoms with Crippen LogP contribution in [-0.4, -0.2) is 35.0 Å². The number of ether oxygens (including phenoxy) is 1. The second-order valence-electron chi connectivity index (χ2n) is 7.61. The molecule has 4 rings (SSSR count). The van der Waals surface area contributed by atoms with Crippen LogP contribution in [0.3, 0.4) is 0 Å². The Hall–Kier alpha value is -3.08. The number of nitrogens with one attached hydrogen (secondary N) is 1. The van der Waals surface area contributed by atoms with Crippen molar-refractivity contribution in [1.82, 2.24) is 24.3 Å². The van der Waals surface area contributed by atoms with Gasteiger partial charge in [-0.3, -0.25) is 4.98 Å². The summed E-state index contributed by atoms with van der Waals surface area (Å²) in [4.78, 5) is 18.6. The first kappa shape index (κ1) is 22.1. The Kier molecular flexibility index (Phi) is 6.63. The van der Waals surface area contributed by atoms with E-state index in [1.165, 1.54) is 23.3 Å². The smallest absolute Gasteiger partial charge is 0.208 e. The van der Waals surface area contributed by atoms with Crippen molar-refractivity contribution in [3.8, 4) is 11.5 Å². The molecule has 164 valence electrons. The van der Waals surface area contributed by atoms with Crippen LogP contribution in [0.2, 0.25) is 0 Å².